The van der Waals surface area contributed by atoms with Gasteiger partial charge in [-0.1, -0.05) is 35.9 Å². The van der Waals surface area contributed by atoms with Gasteiger partial charge in [0.05, 0.1) is 10.6 Å². The lowest BCUT2D eigenvalue weighted by molar-refractivity contribution is 0.102. The summed E-state index contributed by atoms with van der Waals surface area (Å²) in [4.78, 5) is 12.5. The van der Waals surface area contributed by atoms with Crippen molar-refractivity contribution in [2.24, 2.45) is 0 Å². The highest BCUT2D eigenvalue weighted by atomic mass is 32.2. The number of hydrogen-bond donors (Lipinski definition) is 2. The van der Waals surface area contributed by atoms with Gasteiger partial charge in [0, 0.05) is 11.3 Å². The lowest BCUT2D eigenvalue weighted by Crippen LogP contribution is -2.15. The third-order valence-corrected chi connectivity index (χ3v) is 5.23. The maximum atomic E-state index is 13.7. The first-order valence-electron chi connectivity index (χ1n) is 8.10. The van der Waals surface area contributed by atoms with E-state index in [1.165, 1.54) is 48.5 Å². The van der Waals surface area contributed by atoms with Crippen LogP contribution in [0.25, 0.3) is 0 Å². The predicted molar refractivity (Wildman–Crippen MR) is 103 cm³/mol. The molecular formula is C20H17FN2O3S. The number of sulfonamides is 1. The molecule has 3 aromatic carbocycles. The summed E-state index contributed by atoms with van der Waals surface area (Å²) in [5.74, 6) is -1.10. The maximum Gasteiger partial charge on any atom is 0.261 e. The van der Waals surface area contributed by atoms with Crippen LogP contribution >= 0.6 is 0 Å². The minimum Gasteiger partial charge on any atom is -0.319 e. The molecule has 0 fully saturated rings. The molecule has 7 heteroatoms. The summed E-state index contributed by atoms with van der Waals surface area (Å²) in [5, 5.41) is 2.46. The van der Waals surface area contributed by atoms with Crippen LogP contribution in [-0.4, -0.2) is 14.3 Å². The Bertz CT molecular complexity index is 1080. The van der Waals surface area contributed by atoms with Gasteiger partial charge in [-0.05, 0) is 49.4 Å². The van der Waals surface area contributed by atoms with Crippen molar-refractivity contribution >= 4 is 27.3 Å². The van der Waals surface area contributed by atoms with Crippen LogP contribution in [0.3, 0.4) is 0 Å². The van der Waals surface area contributed by atoms with E-state index in [0.29, 0.717) is 0 Å². The molecule has 27 heavy (non-hydrogen) atoms. The molecule has 3 rings (SSSR count). The fourth-order valence-corrected chi connectivity index (χ4v) is 3.46. The Labute approximate surface area is 156 Å². The Balaban J connectivity index is 1.80. The van der Waals surface area contributed by atoms with Gasteiger partial charge < -0.3 is 5.32 Å². The Kier molecular flexibility index (Phi) is 5.23. The van der Waals surface area contributed by atoms with E-state index in [0.717, 1.165) is 5.56 Å². The number of aryl methyl sites for hydroxylation is 1. The third kappa shape index (κ3) is 4.51. The summed E-state index contributed by atoms with van der Waals surface area (Å²) in [5.41, 5.74) is 1.42. The van der Waals surface area contributed by atoms with Crippen LogP contribution in [0.2, 0.25) is 0 Å². The Morgan fingerprint density at radius 3 is 2.33 bits per heavy atom. The monoisotopic (exact) mass is 384 g/mol. The van der Waals surface area contributed by atoms with Gasteiger partial charge in [0.25, 0.3) is 15.9 Å². The van der Waals surface area contributed by atoms with Crippen molar-refractivity contribution in [2.75, 3.05) is 10.0 Å². The molecule has 0 aliphatic rings. The van der Waals surface area contributed by atoms with Crippen molar-refractivity contribution < 1.29 is 17.6 Å². The topological polar surface area (TPSA) is 75.3 Å². The largest absolute Gasteiger partial charge is 0.319 e. The van der Waals surface area contributed by atoms with Crippen LogP contribution in [0.4, 0.5) is 15.8 Å². The van der Waals surface area contributed by atoms with E-state index < -0.39 is 21.7 Å². The van der Waals surface area contributed by atoms with Gasteiger partial charge in [-0.3, -0.25) is 9.52 Å². The number of nitrogens with one attached hydrogen (secondary N) is 2. The van der Waals surface area contributed by atoms with Gasteiger partial charge in [0.15, 0.2) is 0 Å². The van der Waals surface area contributed by atoms with E-state index >= 15 is 0 Å². The molecule has 0 aromatic heterocycles. The second kappa shape index (κ2) is 7.59. The van der Waals surface area contributed by atoms with Gasteiger partial charge in [-0.15, -0.1) is 0 Å². The summed E-state index contributed by atoms with van der Waals surface area (Å²) in [6.07, 6.45) is 0. The highest BCUT2D eigenvalue weighted by Gasteiger charge is 2.15. The number of amides is 1. The Morgan fingerprint density at radius 1 is 0.926 bits per heavy atom. The number of rotatable bonds is 5. The standard InChI is InChI=1S/C20H17FN2O3S/c1-14-9-11-17(12-10-14)27(25,26)23-16-6-4-5-15(13-16)20(24)22-19-8-3-2-7-18(19)21/h2-13,23H,1H3,(H,22,24). The number of para-hydroxylation sites is 1. The average molecular weight is 384 g/mol. The van der Waals surface area contributed by atoms with E-state index in [9.17, 15) is 17.6 Å². The highest BCUT2D eigenvalue weighted by Crippen LogP contribution is 2.19. The Morgan fingerprint density at radius 2 is 1.63 bits per heavy atom. The van der Waals surface area contributed by atoms with Crippen molar-refractivity contribution in [1.82, 2.24) is 0 Å². The van der Waals surface area contributed by atoms with Crippen LogP contribution in [-0.2, 0) is 10.0 Å². The molecule has 0 unspecified atom stereocenters. The lowest BCUT2D eigenvalue weighted by Gasteiger charge is -2.10. The first-order valence-corrected chi connectivity index (χ1v) is 9.59. The highest BCUT2D eigenvalue weighted by molar-refractivity contribution is 7.92. The molecule has 3 aromatic rings. The zero-order valence-electron chi connectivity index (χ0n) is 14.4. The molecule has 0 aliphatic carbocycles. The molecule has 1 amide bonds. The van der Waals surface area contributed by atoms with Gasteiger partial charge in [0.1, 0.15) is 5.82 Å². The number of anilines is 2. The molecule has 0 atom stereocenters. The van der Waals surface area contributed by atoms with Crippen LogP contribution in [0.5, 0.6) is 0 Å². The molecule has 0 saturated carbocycles. The first-order chi connectivity index (χ1) is 12.8. The molecule has 2 N–H and O–H groups in total. The zero-order chi connectivity index (χ0) is 19.4. The molecule has 5 nitrogen and oxygen atoms in total. The molecule has 0 heterocycles. The predicted octanol–water partition coefficient (Wildman–Crippen LogP) is 4.19. The minimum atomic E-state index is -3.78. The van der Waals surface area contributed by atoms with Crippen LogP contribution < -0.4 is 10.0 Å². The van der Waals surface area contributed by atoms with Crippen LogP contribution in [0, 0.1) is 12.7 Å². The maximum absolute atomic E-state index is 13.7. The Hall–Kier alpha value is -3.19. The van der Waals surface area contributed by atoms with Crippen molar-refractivity contribution in [3.05, 3.63) is 89.7 Å². The second-order valence-electron chi connectivity index (χ2n) is 5.93. The van der Waals surface area contributed by atoms with Gasteiger partial charge >= 0.3 is 0 Å². The molecule has 138 valence electrons. The quantitative estimate of drug-likeness (QED) is 0.693. The smallest absolute Gasteiger partial charge is 0.261 e. The lowest BCUT2D eigenvalue weighted by atomic mass is 10.2. The van der Waals surface area contributed by atoms with E-state index in [1.54, 1.807) is 24.3 Å². The molecule has 0 spiro atoms. The summed E-state index contributed by atoms with van der Waals surface area (Å²) in [6, 6.07) is 18.2. The molecule has 0 saturated heterocycles. The van der Waals surface area contributed by atoms with E-state index in [4.69, 9.17) is 0 Å². The summed E-state index contributed by atoms with van der Waals surface area (Å²) in [7, 11) is -3.78. The SMILES string of the molecule is Cc1ccc(S(=O)(=O)Nc2cccc(C(=O)Nc3ccccc3F)c2)cc1. The number of hydrogen-bond acceptors (Lipinski definition) is 3. The minimum absolute atomic E-state index is 0.0492. The summed E-state index contributed by atoms with van der Waals surface area (Å²) >= 11 is 0. The fourth-order valence-electron chi connectivity index (χ4n) is 2.41. The van der Waals surface area contributed by atoms with E-state index in [1.807, 2.05) is 6.92 Å². The molecule has 0 radical (unpaired) electrons. The fraction of sp³-hybridized carbons (Fsp3) is 0.0500. The van der Waals surface area contributed by atoms with Crippen LogP contribution in [0.1, 0.15) is 15.9 Å². The number of carbonyl (C=O) groups is 1. The molecule has 0 bridgehead atoms. The normalized spacial score (nSPS) is 11.0. The van der Waals surface area contributed by atoms with Crippen molar-refractivity contribution in [1.29, 1.82) is 0 Å². The summed E-state index contributed by atoms with van der Waals surface area (Å²) in [6.45, 7) is 1.86. The second-order valence-corrected chi connectivity index (χ2v) is 7.62. The zero-order valence-corrected chi connectivity index (χ0v) is 15.3. The van der Waals surface area contributed by atoms with E-state index in [2.05, 4.69) is 10.0 Å². The van der Waals surface area contributed by atoms with Crippen molar-refractivity contribution in [2.45, 2.75) is 11.8 Å². The number of halogens is 1. The van der Waals surface area contributed by atoms with Crippen molar-refractivity contribution in [3.63, 3.8) is 0 Å². The first kappa shape index (κ1) is 18.6. The summed E-state index contributed by atoms with van der Waals surface area (Å²) < 4.78 is 41.1. The van der Waals surface area contributed by atoms with Crippen LogP contribution in [0.15, 0.2) is 77.7 Å². The third-order valence-electron chi connectivity index (χ3n) is 3.83. The van der Waals surface area contributed by atoms with Gasteiger partial charge in [-0.25, -0.2) is 12.8 Å². The number of carbonyl (C=O) groups excluding carboxylic acids is 1. The van der Waals surface area contributed by atoms with E-state index in [-0.39, 0.29) is 21.8 Å². The van der Waals surface area contributed by atoms with Gasteiger partial charge in [0.2, 0.25) is 0 Å². The number of benzene rings is 3. The van der Waals surface area contributed by atoms with Crippen molar-refractivity contribution in [3.8, 4) is 0 Å². The van der Waals surface area contributed by atoms with Gasteiger partial charge in [-0.2, -0.15) is 0 Å². The molecule has 0 aliphatic heterocycles. The molecular weight excluding hydrogens is 367 g/mol. The average Bonchev–Trinajstić information content (AvgIpc) is 2.64.